The van der Waals surface area contributed by atoms with Gasteiger partial charge in [0.15, 0.2) is 10.9 Å². The Balaban J connectivity index is 1.47. The number of rotatable bonds is 4. The van der Waals surface area contributed by atoms with E-state index in [1.165, 1.54) is 11.3 Å². The number of amides is 1. The number of fused-ring (bicyclic) bond motifs is 1. The summed E-state index contributed by atoms with van der Waals surface area (Å²) in [5.74, 6) is 1.01. The fourth-order valence-corrected chi connectivity index (χ4v) is 3.93. The van der Waals surface area contributed by atoms with E-state index in [1.54, 1.807) is 6.92 Å². The van der Waals surface area contributed by atoms with Crippen LogP contribution >= 0.6 is 11.3 Å². The van der Waals surface area contributed by atoms with E-state index >= 15 is 0 Å². The second-order valence-electron chi connectivity index (χ2n) is 6.18. The van der Waals surface area contributed by atoms with Gasteiger partial charge in [-0.15, -0.1) is 0 Å². The molecule has 0 spiro atoms. The highest BCUT2D eigenvalue weighted by Gasteiger charge is 2.23. The van der Waals surface area contributed by atoms with Crippen molar-refractivity contribution in [1.29, 1.82) is 0 Å². The first-order chi connectivity index (χ1) is 12.6. The van der Waals surface area contributed by atoms with Crippen molar-refractivity contribution in [3.8, 4) is 11.5 Å². The Hall–Kier alpha value is -2.80. The molecular weight excluding hydrogens is 350 g/mol. The predicted octanol–water partition coefficient (Wildman–Crippen LogP) is 3.81. The van der Waals surface area contributed by atoms with Crippen molar-refractivity contribution in [3.63, 3.8) is 0 Å². The molecule has 0 saturated carbocycles. The van der Waals surface area contributed by atoms with Gasteiger partial charge < -0.3 is 9.73 Å². The summed E-state index contributed by atoms with van der Waals surface area (Å²) in [6, 6.07) is 9.56. The average Bonchev–Trinajstić information content (AvgIpc) is 3.20. The number of anilines is 1. The van der Waals surface area contributed by atoms with Crippen molar-refractivity contribution in [2.45, 2.75) is 32.6 Å². The van der Waals surface area contributed by atoms with E-state index in [-0.39, 0.29) is 18.1 Å². The number of oxazole rings is 1. The van der Waals surface area contributed by atoms with Gasteiger partial charge >= 0.3 is 0 Å². The number of thiazole rings is 1. The Bertz CT molecular complexity index is 975. The van der Waals surface area contributed by atoms with E-state index in [0.29, 0.717) is 33.8 Å². The molecule has 2 heterocycles. The molecule has 0 saturated heterocycles. The van der Waals surface area contributed by atoms with E-state index in [9.17, 15) is 9.59 Å². The maximum atomic E-state index is 12.4. The van der Waals surface area contributed by atoms with Crippen molar-refractivity contribution in [2.75, 3.05) is 5.32 Å². The van der Waals surface area contributed by atoms with Crippen LogP contribution in [0.2, 0.25) is 0 Å². The average molecular weight is 367 g/mol. The molecule has 1 aliphatic carbocycles. The quantitative estimate of drug-likeness (QED) is 0.758. The first kappa shape index (κ1) is 16.7. The minimum Gasteiger partial charge on any atom is -0.441 e. The highest BCUT2D eigenvalue weighted by Crippen LogP contribution is 2.29. The summed E-state index contributed by atoms with van der Waals surface area (Å²) in [7, 11) is 0. The van der Waals surface area contributed by atoms with Gasteiger partial charge in [-0.25, -0.2) is 9.97 Å². The second-order valence-corrected chi connectivity index (χ2v) is 7.18. The zero-order chi connectivity index (χ0) is 18.1. The van der Waals surface area contributed by atoms with Gasteiger partial charge in [-0.1, -0.05) is 29.5 Å². The number of carbonyl (C=O) groups is 2. The number of hydrogen-bond acceptors (Lipinski definition) is 6. The highest BCUT2D eigenvalue weighted by molar-refractivity contribution is 7.17. The number of nitrogens with one attached hydrogen (secondary N) is 1. The maximum absolute atomic E-state index is 12.4. The summed E-state index contributed by atoms with van der Waals surface area (Å²) in [5.41, 5.74) is 2.26. The van der Waals surface area contributed by atoms with Crippen LogP contribution in [0.25, 0.3) is 11.5 Å². The standard InChI is InChI=1S/C19H17N3O3S/c1-11-14(20-18(25-11)12-6-3-2-4-7-12)10-16(24)22-19-21-13-8-5-9-15(23)17(13)26-19/h2-4,6-7H,5,8-10H2,1H3,(H,21,22,24). The zero-order valence-corrected chi connectivity index (χ0v) is 15.1. The molecule has 132 valence electrons. The molecule has 6 nitrogen and oxygen atoms in total. The number of hydrogen-bond donors (Lipinski definition) is 1. The van der Waals surface area contributed by atoms with Crippen molar-refractivity contribution in [1.82, 2.24) is 9.97 Å². The lowest BCUT2D eigenvalue weighted by molar-refractivity contribution is -0.115. The molecule has 0 bridgehead atoms. The minimum absolute atomic E-state index is 0.0976. The van der Waals surface area contributed by atoms with E-state index < -0.39 is 0 Å². The zero-order valence-electron chi connectivity index (χ0n) is 14.2. The Morgan fingerprint density at radius 3 is 2.81 bits per heavy atom. The van der Waals surface area contributed by atoms with Gasteiger partial charge in [0.25, 0.3) is 0 Å². The minimum atomic E-state index is -0.223. The highest BCUT2D eigenvalue weighted by atomic mass is 32.1. The number of Topliss-reactive ketones (excluding diaryl/α,β-unsaturated/α-hetero) is 1. The van der Waals surface area contributed by atoms with Crippen LogP contribution < -0.4 is 5.32 Å². The Morgan fingerprint density at radius 1 is 1.23 bits per heavy atom. The molecule has 0 atom stereocenters. The molecule has 0 unspecified atom stereocenters. The molecule has 2 aromatic heterocycles. The first-order valence-corrected chi connectivity index (χ1v) is 9.26. The van der Waals surface area contributed by atoms with Crippen molar-refractivity contribution >= 4 is 28.2 Å². The van der Waals surface area contributed by atoms with Crippen LogP contribution in [0.15, 0.2) is 34.7 Å². The molecule has 0 radical (unpaired) electrons. The van der Waals surface area contributed by atoms with Crippen LogP contribution in [0, 0.1) is 6.92 Å². The van der Waals surface area contributed by atoms with E-state index in [4.69, 9.17) is 4.42 Å². The number of nitrogens with zero attached hydrogens (tertiary/aromatic N) is 2. The molecule has 0 fully saturated rings. The van der Waals surface area contributed by atoms with Gasteiger partial charge in [0.05, 0.1) is 22.7 Å². The van der Waals surface area contributed by atoms with Gasteiger partial charge in [0.2, 0.25) is 11.8 Å². The van der Waals surface area contributed by atoms with Crippen molar-refractivity contribution in [3.05, 3.63) is 52.4 Å². The first-order valence-electron chi connectivity index (χ1n) is 8.44. The Morgan fingerprint density at radius 2 is 2.04 bits per heavy atom. The van der Waals surface area contributed by atoms with Gasteiger partial charge in [-0.05, 0) is 31.9 Å². The van der Waals surface area contributed by atoms with Crippen LogP contribution in [-0.4, -0.2) is 21.7 Å². The molecule has 3 aromatic rings. The van der Waals surface area contributed by atoms with Crippen molar-refractivity contribution in [2.24, 2.45) is 0 Å². The largest absolute Gasteiger partial charge is 0.441 e. The lowest BCUT2D eigenvalue weighted by atomic mass is 10.0. The molecule has 4 rings (SSSR count). The summed E-state index contributed by atoms with van der Waals surface area (Å²) in [5, 5.41) is 3.25. The van der Waals surface area contributed by atoms with Crippen LogP contribution in [0.3, 0.4) is 0 Å². The molecule has 1 N–H and O–H groups in total. The lowest BCUT2D eigenvalue weighted by Gasteiger charge is -2.05. The molecular formula is C19H17N3O3S. The number of carbonyl (C=O) groups excluding carboxylic acids is 2. The number of aryl methyl sites for hydroxylation is 2. The summed E-state index contributed by atoms with van der Waals surface area (Å²) in [6.07, 6.45) is 2.27. The SMILES string of the molecule is Cc1oc(-c2ccccc2)nc1CC(=O)Nc1nc2c(s1)C(=O)CCC2. The van der Waals surface area contributed by atoms with Crippen molar-refractivity contribution < 1.29 is 14.0 Å². The van der Waals surface area contributed by atoms with E-state index in [1.807, 2.05) is 30.3 Å². The van der Waals surface area contributed by atoms with Gasteiger partial charge in [0.1, 0.15) is 5.76 Å². The fraction of sp³-hybridized carbons (Fsp3) is 0.263. The lowest BCUT2D eigenvalue weighted by Crippen LogP contribution is -2.15. The number of aromatic nitrogens is 2. The summed E-state index contributed by atoms with van der Waals surface area (Å²) in [6.45, 7) is 1.79. The van der Waals surface area contributed by atoms with Gasteiger partial charge in [-0.2, -0.15) is 0 Å². The summed E-state index contributed by atoms with van der Waals surface area (Å²) < 4.78 is 5.68. The van der Waals surface area contributed by atoms with Gasteiger partial charge in [-0.3, -0.25) is 9.59 Å². The third-order valence-electron chi connectivity index (χ3n) is 4.26. The number of benzene rings is 1. The molecule has 1 aromatic carbocycles. The topological polar surface area (TPSA) is 85.1 Å². The third-order valence-corrected chi connectivity index (χ3v) is 5.31. The van der Waals surface area contributed by atoms with Crippen LogP contribution in [0.1, 0.15) is 39.7 Å². The van der Waals surface area contributed by atoms with Crippen LogP contribution in [0.5, 0.6) is 0 Å². The Labute approximate surface area is 154 Å². The third kappa shape index (κ3) is 3.30. The predicted molar refractivity (Wildman–Crippen MR) is 98.4 cm³/mol. The second kappa shape index (κ2) is 6.84. The molecule has 26 heavy (non-hydrogen) atoms. The number of ketones is 1. The Kier molecular flexibility index (Phi) is 4.38. The van der Waals surface area contributed by atoms with E-state index in [2.05, 4.69) is 15.3 Å². The molecule has 1 amide bonds. The molecule has 1 aliphatic rings. The fourth-order valence-electron chi connectivity index (χ4n) is 2.93. The monoisotopic (exact) mass is 367 g/mol. The normalized spacial score (nSPS) is 13.5. The summed E-state index contributed by atoms with van der Waals surface area (Å²) >= 11 is 1.25. The summed E-state index contributed by atoms with van der Waals surface area (Å²) in [4.78, 5) is 33.8. The van der Waals surface area contributed by atoms with Crippen LogP contribution in [0.4, 0.5) is 5.13 Å². The smallest absolute Gasteiger partial charge is 0.232 e. The van der Waals surface area contributed by atoms with Crippen LogP contribution in [-0.2, 0) is 17.6 Å². The molecule has 7 heteroatoms. The van der Waals surface area contributed by atoms with E-state index in [0.717, 1.165) is 24.1 Å². The molecule has 0 aliphatic heterocycles. The maximum Gasteiger partial charge on any atom is 0.232 e. The van der Waals surface area contributed by atoms with Gasteiger partial charge in [0, 0.05) is 12.0 Å².